The van der Waals surface area contributed by atoms with E-state index in [4.69, 9.17) is 0 Å². The lowest BCUT2D eigenvalue weighted by atomic mass is 9.85. The molecule has 4 fully saturated rings. The minimum atomic E-state index is -4.37. The van der Waals surface area contributed by atoms with Crippen molar-refractivity contribution in [3.63, 3.8) is 0 Å². The van der Waals surface area contributed by atoms with E-state index in [1.54, 1.807) is 23.6 Å². The number of ketones is 1. The highest BCUT2D eigenvalue weighted by Crippen LogP contribution is 2.34. The Labute approximate surface area is 473 Å². The predicted molar refractivity (Wildman–Crippen MR) is 304 cm³/mol. The number of alkyl halides is 1. The van der Waals surface area contributed by atoms with Crippen molar-refractivity contribution in [2.45, 2.75) is 84.3 Å². The molecule has 4 aliphatic rings. The molecule has 0 bridgehead atoms. The summed E-state index contributed by atoms with van der Waals surface area (Å²) in [5, 5.41) is 17.0. The van der Waals surface area contributed by atoms with E-state index < -0.39 is 81.1 Å². The van der Waals surface area contributed by atoms with Crippen LogP contribution in [-0.4, -0.2) is 167 Å². The first-order chi connectivity index (χ1) is 38.7. The number of hydrogen-bond donors (Lipinski definition) is 5. The number of anilines is 2. The fourth-order valence-corrected chi connectivity index (χ4v) is 13.4. The number of carbonyl (C=O) groups is 4. The molecule has 430 valence electrons. The van der Waals surface area contributed by atoms with Crippen LogP contribution in [0.5, 0.6) is 0 Å². The second-order valence-electron chi connectivity index (χ2n) is 22.8. The highest BCUT2D eigenvalue weighted by molar-refractivity contribution is 7.90. The number of carbonyl (C=O) groups excluding carboxylic acids is 4. The summed E-state index contributed by atoms with van der Waals surface area (Å²) in [6.45, 7) is 13.2. The number of H-pyrrole nitrogens is 1. The number of nitrogens with one attached hydrogen (secondary N) is 4. The zero-order valence-corrected chi connectivity index (χ0v) is 47.4. The molecule has 2 unspecified atom stereocenters. The molecule has 3 aromatic carbocycles. The largest absolute Gasteiger partial charge is 0.391 e. The Morgan fingerprint density at radius 3 is 2.23 bits per heavy atom. The second kappa shape index (κ2) is 24.0. The van der Waals surface area contributed by atoms with E-state index in [1.807, 2.05) is 86.5 Å². The molecule has 10 rings (SSSR count). The summed E-state index contributed by atoms with van der Waals surface area (Å²) < 4.78 is 73.4. The minimum Gasteiger partial charge on any atom is -0.391 e. The first-order valence-corrected chi connectivity index (χ1v) is 29.8. The first-order valence-electron chi connectivity index (χ1n) is 27.5. The maximum atomic E-state index is 15.8. The SMILES string of the molecule is Cc1ncsc1-c1ccc(CNC(=O)[C@@H]2C[C@@H](O)CN2C(=O)C(NC(=O)CN2CCN(CC3CCN(c4ccc(-c5cnc6[nH]cc(C(=O)c7c(F)ccc(NS(=O)(=O)N8CCC(F)C8)c7F)c6c5)cc4)CC3)CC2)C(C)(C)C)cc1. The van der Waals surface area contributed by atoms with Crippen LogP contribution in [0.3, 0.4) is 0 Å². The molecule has 0 aliphatic carbocycles. The molecule has 81 heavy (non-hydrogen) atoms. The van der Waals surface area contributed by atoms with E-state index in [1.165, 1.54) is 11.1 Å². The molecular formula is C58H68F3N11O7S2. The number of hydrogen-bond acceptors (Lipinski definition) is 13. The molecule has 4 saturated heterocycles. The van der Waals surface area contributed by atoms with Crippen LogP contribution in [0.2, 0.25) is 0 Å². The molecule has 4 aliphatic heterocycles. The van der Waals surface area contributed by atoms with Crippen molar-refractivity contribution in [1.82, 2.24) is 44.6 Å². The van der Waals surface area contributed by atoms with E-state index >= 15 is 8.78 Å². The Morgan fingerprint density at radius 1 is 0.864 bits per heavy atom. The number of aliphatic hydroxyl groups is 1. The number of benzene rings is 3. The quantitative estimate of drug-likeness (QED) is 0.0618. The number of likely N-dealkylation sites (tertiary alicyclic amines) is 1. The van der Waals surface area contributed by atoms with Crippen molar-refractivity contribution in [3.8, 4) is 21.6 Å². The number of aromatic amines is 1. The Bertz CT molecular complexity index is 3400. The van der Waals surface area contributed by atoms with Gasteiger partial charge in [-0.25, -0.2) is 23.1 Å². The van der Waals surface area contributed by atoms with Crippen LogP contribution in [0.15, 0.2) is 84.6 Å². The fourth-order valence-electron chi connectivity index (χ4n) is 11.4. The molecule has 7 heterocycles. The highest BCUT2D eigenvalue weighted by atomic mass is 32.2. The average molecular weight is 1150 g/mol. The van der Waals surface area contributed by atoms with Crippen LogP contribution >= 0.6 is 11.3 Å². The molecule has 0 saturated carbocycles. The molecule has 6 aromatic rings. The normalized spacial score (nSPS) is 20.2. The predicted octanol–water partition coefficient (Wildman–Crippen LogP) is 6.51. The van der Waals surface area contributed by atoms with Gasteiger partial charge in [-0.15, -0.1) is 11.3 Å². The standard InChI is InChI=1S/C58H68F3N11O7S2/c1-35-53(80-34-65-35)39-7-5-36(6-8-39)27-64-56(76)48-26-43(73)32-72(48)57(77)54(58(2,3)4)66-49(74)33-69-23-21-68(22-24-69)30-37-15-18-70(19-16-37)42-11-9-38(10-12-42)40-25-44-45(29-63-55(44)62-28-40)52(75)50-46(60)13-14-47(51(50)61)67-81(78,79)71-20-17-41(59)31-71/h5-14,25,28-29,34,37,41,43,48,54,67,73H,15-24,26-27,30-33H2,1-4H3,(H,62,63)(H,64,76)(H,66,74)/t41?,43-,48+,54?/m1/s1. The van der Waals surface area contributed by atoms with E-state index in [2.05, 4.69) is 40.3 Å². The smallest absolute Gasteiger partial charge is 0.301 e. The number of fused-ring (bicyclic) bond motifs is 1. The number of piperidine rings is 1. The van der Waals surface area contributed by atoms with E-state index in [-0.39, 0.29) is 56.4 Å². The Hall–Kier alpha value is -6.76. The van der Waals surface area contributed by atoms with Gasteiger partial charge in [0.2, 0.25) is 23.5 Å². The first kappa shape index (κ1) is 57.5. The monoisotopic (exact) mass is 1150 g/mol. The summed E-state index contributed by atoms with van der Waals surface area (Å²) in [6, 6.07) is 17.5. The fraction of sp³-hybridized carbons (Fsp3) is 0.448. The number of aryl methyl sites for hydroxylation is 1. The van der Waals surface area contributed by atoms with Gasteiger partial charge in [-0.2, -0.15) is 12.7 Å². The maximum Gasteiger partial charge on any atom is 0.301 e. The minimum absolute atomic E-state index is 0.00175. The van der Waals surface area contributed by atoms with Crippen LogP contribution in [0.4, 0.5) is 24.5 Å². The number of piperazine rings is 1. The van der Waals surface area contributed by atoms with E-state index in [9.17, 15) is 37.1 Å². The van der Waals surface area contributed by atoms with Crippen molar-refractivity contribution in [3.05, 3.63) is 119 Å². The molecule has 18 nitrogen and oxygen atoms in total. The zero-order chi connectivity index (χ0) is 57.3. The van der Waals surface area contributed by atoms with Gasteiger partial charge in [0.1, 0.15) is 29.7 Å². The number of rotatable bonds is 17. The van der Waals surface area contributed by atoms with Crippen molar-refractivity contribution < 1.29 is 45.9 Å². The van der Waals surface area contributed by atoms with E-state index in [0.29, 0.717) is 35.6 Å². The van der Waals surface area contributed by atoms with Crippen molar-refractivity contribution in [2.75, 3.05) is 81.6 Å². The van der Waals surface area contributed by atoms with Crippen molar-refractivity contribution >= 4 is 67.5 Å². The molecule has 3 aromatic heterocycles. The van der Waals surface area contributed by atoms with Crippen molar-refractivity contribution in [1.29, 1.82) is 0 Å². The van der Waals surface area contributed by atoms with Gasteiger partial charge in [0.05, 0.1) is 40.0 Å². The van der Waals surface area contributed by atoms with Crippen LogP contribution in [0, 0.1) is 29.9 Å². The van der Waals surface area contributed by atoms with Gasteiger partial charge in [0.25, 0.3) is 0 Å². The number of pyridine rings is 1. The lowest BCUT2D eigenvalue weighted by Gasteiger charge is -2.39. The molecule has 5 N–H and O–H groups in total. The van der Waals surface area contributed by atoms with Gasteiger partial charge in [0.15, 0.2) is 5.82 Å². The van der Waals surface area contributed by atoms with Gasteiger partial charge < -0.3 is 35.4 Å². The molecule has 4 atom stereocenters. The summed E-state index contributed by atoms with van der Waals surface area (Å²) in [5.74, 6) is -4.11. The van der Waals surface area contributed by atoms with E-state index in [0.717, 1.165) is 95.0 Å². The third-order valence-electron chi connectivity index (χ3n) is 16.0. The highest BCUT2D eigenvalue weighted by Gasteiger charge is 2.45. The summed E-state index contributed by atoms with van der Waals surface area (Å²) in [7, 11) is -4.37. The number of aromatic nitrogens is 3. The third kappa shape index (κ3) is 13.0. The molecule has 3 amide bonds. The Kier molecular flexibility index (Phi) is 17.0. The summed E-state index contributed by atoms with van der Waals surface area (Å²) in [5.41, 5.74) is 5.25. The summed E-state index contributed by atoms with van der Waals surface area (Å²) in [6.07, 6.45) is 2.83. The van der Waals surface area contributed by atoms with Gasteiger partial charge >= 0.3 is 10.2 Å². The van der Waals surface area contributed by atoms with Crippen LogP contribution in [0.1, 0.15) is 73.6 Å². The summed E-state index contributed by atoms with van der Waals surface area (Å²) >= 11 is 1.57. The summed E-state index contributed by atoms with van der Waals surface area (Å²) in [4.78, 5) is 76.4. The topological polar surface area (TPSA) is 217 Å². The average Bonchev–Trinajstić information content (AvgIpc) is 4.41. The van der Waals surface area contributed by atoms with Gasteiger partial charge in [-0.05, 0) is 84.5 Å². The van der Waals surface area contributed by atoms with Gasteiger partial charge in [-0.1, -0.05) is 57.2 Å². The Balaban J connectivity index is 0.678. The maximum absolute atomic E-state index is 15.8. The van der Waals surface area contributed by atoms with Crippen LogP contribution < -0.4 is 20.3 Å². The molecule has 23 heteroatoms. The lowest BCUT2D eigenvalue weighted by Crippen LogP contribution is -2.59. The zero-order valence-electron chi connectivity index (χ0n) is 45.8. The number of nitrogens with zero attached hydrogens (tertiary/aromatic N) is 7. The van der Waals surface area contributed by atoms with Gasteiger partial charge in [0, 0.05) is 113 Å². The van der Waals surface area contributed by atoms with Crippen LogP contribution in [0.25, 0.3) is 32.6 Å². The Morgan fingerprint density at radius 2 is 1.57 bits per heavy atom. The number of β-amino-alcohol motifs (C(OH)–C–C–N with tert-alkyl or cyclic N) is 1. The number of amides is 3. The van der Waals surface area contributed by atoms with Gasteiger partial charge in [-0.3, -0.25) is 28.8 Å². The van der Waals surface area contributed by atoms with Crippen LogP contribution in [-0.2, 0) is 31.1 Å². The third-order valence-corrected chi connectivity index (χ3v) is 18.5. The number of aliphatic hydroxyl groups excluding tert-OH is 1. The second-order valence-corrected chi connectivity index (χ2v) is 25.3. The number of thiazole rings is 1. The molecule has 0 radical (unpaired) electrons. The lowest BCUT2D eigenvalue weighted by molar-refractivity contribution is -0.144. The molecule has 0 spiro atoms. The number of halogens is 3. The molecular weight excluding hydrogens is 1080 g/mol. The van der Waals surface area contributed by atoms with Crippen molar-refractivity contribution in [2.24, 2.45) is 11.3 Å².